The van der Waals surface area contributed by atoms with Gasteiger partial charge >= 0.3 is 0 Å². The van der Waals surface area contributed by atoms with Crippen LogP contribution in [0.4, 0.5) is 5.69 Å². The maximum Gasteiger partial charge on any atom is 0.273 e. The summed E-state index contributed by atoms with van der Waals surface area (Å²) in [6.07, 6.45) is 1.45. The number of hydrogen-bond acceptors (Lipinski definition) is 4. The lowest BCUT2D eigenvalue weighted by Gasteiger charge is -2.26. The van der Waals surface area contributed by atoms with Crippen LogP contribution in [0.2, 0.25) is 0 Å². The number of hydrogen-bond donors (Lipinski definition) is 1. The Hall–Kier alpha value is -3.45. The third-order valence-corrected chi connectivity index (χ3v) is 6.82. The van der Waals surface area contributed by atoms with Gasteiger partial charge in [0.15, 0.2) is 0 Å². The molecular formula is C25H27N3O3S. The molecule has 0 saturated heterocycles. The molecular weight excluding hydrogens is 422 g/mol. The molecule has 3 aromatic rings. The van der Waals surface area contributed by atoms with Gasteiger partial charge in [0, 0.05) is 5.71 Å². The molecule has 0 aliphatic carbocycles. The van der Waals surface area contributed by atoms with Gasteiger partial charge in [-0.3, -0.25) is 9.10 Å². The Kier molecular flexibility index (Phi) is 7.78. The van der Waals surface area contributed by atoms with Gasteiger partial charge in [-0.2, -0.15) is 5.10 Å². The average molecular weight is 450 g/mol. The van der Waals surface area contributed by atoms with E-state index in [0.717, 1.165) is 24.1 Å². The molecule has 0 unspecified atom stereocenters. The average Bonchev–Trinajstić information content (AvgIpc) is 2.84. The molecule has 0 aromatic heterocycles. The normalized spacial score (nSPS) is 10.9. The van der Waals surface area contributed by atoms with Crippen molar-refractivity contribution in [2.45, 2.75) is 38.1 Å². The molecule has 0 radical (unpaired) electrons. The summed E-state index contributed by atoms with van der Waals surface area (Å²) in [5.74, 6) is -0.457. The molecule has 166 valence electrons. The number of para-hydroxylation sites is 1. The Bertz CT molecular complexity index is 1170. The van der Waals surface area contributed by atoms with Crippen molar-refractivity contribution in [2.24, 2.45) is 5.10 Å². The number of carbonyl (C=O) groups excluding carboxylic acids is 1. The van der Waals surface area contributed by atoms with Crippen LogP contribution in [0.3, 0.4) is 0 Å². The molecule has 0 aliphatic heterocycles. The minimum Gasteiger partial charge on any atom is -0.267 e. The van der Waals surface area contributed by atoms with Gasteiger partial charge in [-0.1, -0.05) is 74.5 Å². The molecule has 3 rings (SSSR count). The summed E-state index contributed by atoms with van der Waals surface area (Å²) < 4.78 is 28.5. The minimum atomic E-state index is -3.93. The fourth-order valence-electron chi connectivity index (χ4n) is 3.25. The van der Waals surface area contributed by atoms with E-state index >= 15 is 0 Å². The van der Waals surface area contributed by atoms with E-state index in [1.165, 1.54) is 4.31 Å². The van der Waals surface area contributed by atoms with Gasteiger partial charge in [0.2, 0.25) is 0 Å². The van der Waals surface area contributed by atoms with Gasteiger partial charge in [-0.25, -0.2) is 13.8 Å². The van der Waals surface area contributed by atoms with Crippen molar-refractivity contribution in [3.63, 3.8) is 0 Å². The van der Waals surface area contributed by atoms with E-state index in [1.807, 2.05) is 44.2 Å². The van der Waals surface area contributed by atoms with Crippen LogP contribution in [0.15, 0.2) is 94.9 Å². The molecule has 0 bridgehead atoms. The first-order valence-electron chi connectivity index (χ1n) is 10.5. The summed E-state index contributed by atoms with van der Waals surface area (Å²) in [5.41, 5.74) is 4.77. The Morgan fingerprint density at radius 2 is 1.41 bits per heavy atom. The second-order valence-corrected chi connectivity index (χ2v) is 9.02. The summed E-state index contributed by atoms with van der Waals surface area (Å²) in [7, 11) is -3.93. The zero-order chi connectivity index (χ0) is 23.0. The highest BCUT2D eigenvalue weighted by Gasteiger charge is 2.28. The van der Waals surface area contributed by atoms with E-state index in [1.54, 1.807) is 54.6 Å². The van der Waals surface area contributed by atoms with Crippen molar-refractivity contribution in [3.05, 3.63) is 96.1 Å². The highest BCUT2D eigenvalue weighted by molar-refractivity contribution is 7.92. The van der Waals surface area contributed by atoms with Crippen LogP contribution in [-0.4, -0.2) is 20.0 Å². The maximum atomic E-state index is 13.6. The first-order chi connectivity index (χ1) is 15.5. The molecule has 1 N–H and O–H groups in total. The Morgan fingerprint density at radius 3 is 2.03 bits per heavy atom. The zero-order valence-corrected chi connectivity index (χ0v) is 19.0. The highest BCUT2D eigenvalue weighted by atomic mass is 32.2. The molecule has 32 heavy (non-hydrogen) atoms. The number of benzene rings is 3. The molecule has 0 heterocycles. The minimum absolute atomic E-state index is 0.0841. The number of sulfonamides is 1. The monoisotopic (exact) mass is 449 g/mol. The van der Waals surface area contributed by atoms with Crippen LogP contribution < -0.4 is 9.73 Å². The fraction of sp³-hybridized carbons (Fsp3) is 0.200. The Morgan fingerprint density at radius 1 is 0.844 bits per heavy atom. The number of nitrogens with zero attached hydrogens (tertiary/aromatic N) is 2. The Labute approximate surface area is 189 Å². The zero-order valence-electron chi connectivity index (χ0n) is 18.2. The predicted molar refractivity (Wildman–Crippen MR) is 128 cm³/mol. The number of anilines is 1. The van der Waals surface area contributed by atoms with Gasteiger partial charge in [0.05, 0.1) is 22.7 Å². The summed E-state index contributed by atoms with van der Waals surface area (Å²) in [6.45, 7) is 4.02. The molecule has 0 atom stereocenters. The van der Waals surface area contributed by atoms with Crippen molar-refractivity contribution in [2.75, 3.05) is 4.31 Å². The largest absolute Gasteiger partial charge is 0.273 e. The van der Waals surface area contributed by atoms with E-state index in [2.05, 4.69) is 10.5 Å². The molecule has 0 spiro atoms. The van der Waals surface area contributed by atoms with Gasteiger partial charge < -0.3 is 0 Å². The lowest BCUT2D eigenvalue weighted by atomic mass is 10.1. The second kappa shape index (κ2) is 10.7. The van der Waals surface area contributed by atoms with Crippen LogP contribution in [0.5, 0.6) is 0 Å². The van der Waals surface area contributed by atoms with Gasteiger partial charge in [-0.15, -0.1) is 0 Å². The maximum absolute atomic E-state index is 13.6. The number of rotatable bonds is 9. The van der Waals surface area contributed by atoms with Crippen molar-refractivity contribution in [1.29, 1.82) is 0 Å². The fourth-order valence-corrected chi connectivity index (χ4v) is 4.74. The van der Waals surface area contributed by atoms with E-state index in [0.29, 0.717) is 5.69 Å². The Balaban J connectivity index is 2.08. The summed E-state index contributed by atoms with van der Waals surface area (Å²) in [4.78, 5) is 13.1. The van der Waals surface area contributed by atoms with Crippen LogP contribution in [-0.2, 0) is 16.6 Å². The quantitative estimate of drug-likeness (QED) is 0.369. The molecule has 0 saturated carbocycles. The van der Waals surface area contributed by atoms with Gasteiger partial charge in [0.25, 0.3) is 15.9 Å². The molecule has 7 heteroatoms. The first-order valence-corrected chi connectivity index (χ1v) is 12.0. The van der Waals surface area contributed by atoms with Crippen molar-refractivity contribution >= 4 is 27.3 Å². The summed E-state index contributed by atoms with van der Waals surface area (Å²) in [5, 5.41) is 4.19. The smallest absolute Gasteiger partial charge is 0.267 e. The predicted octanol–water partition coefficient (Wildman–Crippen LogP) is 4.99. The number of nitrogens with one attached hydrogen (secondary N) is 1. The molecule has 0 fully saturated rings. The lowest BCUT2D eigenvalue weighted by Crippen LogP contribution is -2.33. The number of carbonyl (C=O) groups is 1. The molecule has 3 aromatic carbocycles. The third-order valence-electron chi connectivity index (χ3n) is 5.05. The summed E-state index contributed by atoms with van der Waals surface area (Å²) >= 11 is 0. The SMILES string of the molecule is CCC(CC)=NNC(=O)c1ccccc1N(Cc1ccccc1)S(=O)(=O)c1ccccc1. The van der Waals surface area contributed by atoms with E-state index in [9.17, 15) is 13.2 Å². The first kappa shape index (κ1) is 23.2. The van der Waals surface area contributed by atoms with Crippen molar-refractivity contribution in [3.8, 4) is 0 Å². The second-order valence-electron chi connectivity index (χ2n) is 7.15. The third kappa shape index (κ3) is 5.42. The van der Waals surface area contributed by atoms with E-state index < -0.39 is 15.9 Å². The van der Waals surface area contributed by atoms with Crippen molar-refractivity contribution < 1.29 is 13.2 Å². The molecule has 0 aliphatic rings. The highest BCUT2D eigenvalue weighted by Crippen LogP contribution is 2.29. The molecule has 1 amide bonds. The molecule has 6 nitrogen and oxygen atoms in total. The van der Waals surface area contributed by atoms with Crippen LogP contribution in [0.1, 0.15) is 42.6 Å². The van der Waals surface area contributed by atoms with Crippen LogP contribution in [0.25, 0.3) is 0 Å². The standard InChI is InChI=1S/C25H27N3O3S/c1-3-21(4-2)26-27-25(29)23-17-11-12-18-24(23)28(19-20-13-7-5-8-14-20)32(30,31)22-15-9-6-10-16-22/h5-18H,3-4,19H2,1-2H3,(H,27,29). The van der Waals surface area contributed by atoms with Crippen LogP contribution >= 0.6 is 0 Å². The van der Waals surface area contributed by atoms with Crippen molar-refractivity contribution in [1.82, 2.24) is 5.43 Å². The number of hydrazone groups is 1. The van der Waals surface area contributed by atoms with Gasteiger partial charge in [0.1, 0.15) is 0 Å². The lowest BCUT2D eigenvalue weighted by molar-refractivity contribution is 0.0955. The van der Waals surface area contributed by atoms with E-state index in [-0.39, 0.29) is 17.0 Å². The number of amides is 1. The summed E-state index contributed by atoms with van der Waals surface area (Å²) in [6, 6.07) is 24.2. The van der Waals surface area contributed by atoms with Crippen LogP contribution in [0, 0.1) is 0 Å². The van der Waals surface area contributed by atoms with E-state index in [4.69, 9.17) is 0 Å². The van der Waals surface area contributed by atoms with Gasteiger partial charge in [-0.05, 0) is 42.7 Å². The topological polar surface area (TPSA) is 78.8 Å².